The van der Waals surface area contributed by atoms with E-state index in [1.165, 1.54) is 34.7 Å². The van der Waals surface area contributed by atoms with Crippen LogP contribution in [-0.4, -0.2) is 42.9 Å². The van der Waals surface area contributed by atoms with E-state index in [0.29, 0.717) is 16.9 Å². The first kappa shape index (κ1) is 27.4. The van der Waals surface area contributed by atoms with Crippen LogP contribution in [0, 0.1) is 23.7 Å². The number of benzene rings is 3. The van der Waals surface area contributed by atoms with Crippen molar-refractivity contribution in [2.45, 2.75) is 25.7 Å². The van der Waals surface area contributed by atoms with E-state index in [1.54, 1.807) is 31.2 Å². The first-order valence-corrected chi connectivity index (χ1v) is 14.1. The molecule has 2 saturated carbocycles. The number of ether oxygens (including phenoxy) is 2. The van der Waals surface area contributed by atoms with Crippen molar-refractivity contribution in [3.63, 3.8) is 0 Å². The van der Waals surface area contributed by atoms with Gasteiger partial charge in [0, 0.05) is 5.69 Å². The van der Waals surface area contributed by atoms with Gasteiger partial charge in [-0.15, -0.1) is 0 Å². The summed E-state index contributed by atoms with van der Waals surface area (Å²) in [5.74, 6) is -2.33. The summed E-state index contributed by atoms with van der Waals surface area (Å²) >= 11 is 0. The molecule has 9 nitrogen and oxygen atoms in total. The van der Waals surface area contributed by atoms with Gasteiger partial charge in [-0.3, -0.25) is 19.3 Å². The van der Waals surface area contributed by atoms with E-state index in [0.717, 1.165) is 12.8 Å². The fraction of sp³-hybridized carbons (Fsp3) is 0.303. The Morgan fingerprint density at radius 2 is 1.52 bits per heavy atom. The molecule has 3 amide bonds. The Bertz CT molecular complexity index is 1550. The minimum absolute atomic E-state index is 0.122. The quantitative estimate of drug-likeness (QED) is 0.313. The second kappa shape index (κ2) is 11.2. The summed E-state index contributed by atoms with van der Waals surface area (Å²) in [6.07, 6.45) is 1.77. The molecule has 5 atom stereocenters. The van der Waals surface area contributed by atoms with Gasteiger partial charge in [-0.25, -0.2) is 9.59 Å². The molecule has 214 valence electrons. The lowest BCUT2D eigenvalue weighted by Crippen LogP contribution is -2.33. The van der Waals surface area contributed by atoms with Gasteiger partial charge >= 0.3 is 11.9 Å². The molecule has 6 rings (SSSR count). The largest absolute Gasteiger partial charge is 0.462 e. The van der Waals surface area contributed by atoms with Crippen LogP contribution in [0.2, 0.25) is 0 Å². The third kappa shape index (κ3) is 4.95. The molecule has 0 spiro atoms. The molecule has 3 aromatic rings. The fourth-order valence-electron chi connectivity index (χ4n) is 6.88. The van der Waals surface area contributed by atoms with Gasteiger partial charge in [0.15, 0.2) is 6.61 Å². The number of hydrogen-bond acceptors (Lipinski definition) is 7. The monoisotopic (exact) mass is 566 g/mol. The summed E-state index contributed by atoms with van der Waals surface area (Å²) < 4.78 is 10.1. The van der Waals surface area contributed by atoms with Crippen LogP contribution in [0.1, 0.15) is 52.0 Å². The van der Waals surface area contributed by atoms with E-state index in [9.17, 15) is 24.0 Å². The number of amides is 3. The minimum Gasteiger partial charge on any atom is -0.462 e. The normalized spacial score (nSPS) is 23.9. The van der Waals surface area contributed by atoms with Crippen molar-refractivity contribution in [1.82, 2.24) is 0 Å². The van der Waals surface area contributed by atoms with E-state index in [2.05, 4.69) is 17.4 Å². The number of carbonyl (C=O) groups excluding carboxylic acids is 5. The number of anilines is 2. The summed E-state index contributed by atoms with van der Waals surface area (Å²) in [5, 5.41) is 2.60. The highest BCUT2D eigenvalue weighted by atomic mass is 16.5. The summed E-state index contributed by atoms with van der Waals surface area (Å²) in [6, 6.07) is 22.5. The molecule has 1 saturated heterocycles. The van der Waals surface area contributed by atoms with E-state index in [-0.39, 0.29) is 53.6 Å². The van der Waals surface area contributed by atoms with Gasteiger partial charge in [0.25, 0.3) is 5.91 Å². The van der Waals surface area contributed by atoms with Crippen LogP contribution in [0.25, 0.3) is 0 Å². The molecule has 2 aliphatic carbocycles. The second-order valence-corrected chi connectivity index (χ2v) is 10.9. The Morgan fingerprint density at radius 1 is 0.810 bits per heavy atom. The molecule has 0 unspecified atom stereocenters. The fourth-order valence-corrected chi connectivity index (χ4v) is 6.88. The molecular formula is C33H30N2O7. The third-order valence-corrected chi connectivity index (χ3v) is 8.60. The summed E-state index contributed by atoms with van der Waals surface area (Å²) in [6.45, 7) is 1.43. The van der Waals surface area contributed by atoms with Crippen LogP contribution in [0.15, 0.2) is 78.9 Å². The Balaban J connectivity index is 1.09. The SMILES string of the molecule is CCOC(=O)c1ccc(NC(=O)COC(=O)c2cccc(N3C(=O)[C@@H]4[C@@H]5C[C@@H]([C@H]4C3=O)[C@H](c3ccccc3)C5)c2)cc1. The molecule has 1 aliphatic heterocycles. The standard InChI is InChI=1S/C33H30N2O7/c1-2-41-32(39)20-11-13-23(14-12-20)34-27(36)18-42-33(40)21-9-6-10-24(15-21)35-30(37)28-22-16-25(19-7-4-3-5-8-19)26(17-22)29(28)31(35)38/h3-15,22,25-26,28-29H,2,16-18H2,1H3,(H,34,36)/t22-,25-,26+,28+,29+/m0/s1. The lowest BCUT2D eigenvalue weighted by atomic mass is 9.73. The molecule has 3 aromatic carbocycles. The molecule has 0 radical (unpaired) electrons. The number of esters is 2. The van der Waals surface area contributed by atoms with Crippen molar-refractivity contribution < 1.29 is 33.4 Å². The predicted molar refractivity (Wildman–Crippen MR) is 153 cm³/mol. The Morgan fingerprint density at radius 3 is 2.26 bits per heavy atom. The number of fused-ring (bicyclic) bond motifs is 5. The highest BCUT2D eigenvalue weighted by molar-refractivity contribution is 6.23. The maximum Gasteiger partial charge on any atom is 0.338 e. The number of hydrogen-bond donors (Lipinski definition) is 1. The van der Waals surface area contributed by atoms with Gasteiger partial charge in [-0.05, 0) is 85.5 Å². The van der Waals surface area contributed by atoms with Crippen LogP contribution in [0.5, 0.6) is 0 Å². The Labute approximate surface area is 242 Å². The van der Waals surface area contributed by atoms with E-state index in [4.69, 9.17) is 9.47 Å². The van der Waals surface area contributed by atoms with Gasteiger partial charge in [-0.2, -0.15) is 0 Å². The van der Waals surface area contributed by atoms with Gasteiger partial charge in [0.2, 0.25) is 11.8 Å². The lowest BCUT2D eigenvalue weighted by Gasteiger charge is -2.28. The van der Waals surface area contributed by atoms with Gasteiger partial charge in [-0.1, -0.05) is 36.4 Å². The molecule has 1 heterocycles. The summed E-state index contributed by atoms with van der Waals surface area (Å²) in [4.78, 5) is 65.3. The topological polar surface area (TPSA) is 119 Å². The lowest BCUT2D eigenvalue weighted by molar-refractivity contribution is -0.123. The first-order valence-electron chi connectivity index (χ1n) is 14.1. The number of nitrogens with one attached hydrogen (secondary N) is 1. The van der Waals surface area contributed by atoms with Gasteiger partial charge in [0.1, 0.15) is 0 Å². The average Bonchev–Trinajstić information content (AvgIpc) is 3.68. The molecular weight excluding hydrogens is 536 g/mol. The van der Waals surface area contributed by atoms with Crippen LogP contribution in [0.3, 0.4) is 0 Å². The predicted octanol–water partition coefficient (Wildman–Crippen LogP) is 4.59. The third-order valence-electron chi connectivity index (χ3n) is 8.60. The maximum atomic E-state index is 13.6. The molecule has 1 N–H and O–H groups in total. The average molecular weight is 567 g/mol. The number of carbonyl (C=O) groups is 5. The zero-order valence-corrected chi connectivity index (χ0v) is 23.0. The Kier molecular flexibility index (Phi) is 7.33. The van der Waals surface area contributed by atoms with Gasteiger partial charge < -0.3 is 14.8 Å². The highest BCUT2D eigenvalue weighted by Crippen LogP contribution is 2.61. The van der Waals surface area contributed by atoms with E-state index in [1.807, 2.05) is 18.2 Å². The molecule has 3 aliphatic rings. The number of rotatable bonds is 8. The van der Waals surface area contributed by atoms with Crippen molar-refractivity contribution >= 4 is 41.0 Å². The molecule has 9 heteroatoms. The van der Waals surface area contributed by atoms with E-state index >= 15 is 0 Å². The molecule has 3 fully saturated rings. The van der Waals surface area contributed by atoms with Crippen LogP contribution in [0.4, 0.5) is 11.4 Å². The first-order chi connectivity index (χ1) is 20.4. The number of nitrogens with zero attached hydrogens (tertiary/aromatic N) is 1. The zero-order valence-electron chi connectivity index (χ0n) is 23.0. The van der Waals surface area contributed by atoms with Crippen molar-refractivity contribution in [3.8, 4) is 0 Å². The zero-order chi connectivity index (χ0) is 29.4. The van der Waals surface area contributed by atoms with Gasteiger partial charge in [0.05, 0.1) is 35.3 Å². The van der Waals surface area contributed by atoms with Crippen molar-refractivity contribution in [2.24, 2.45) is 23.7 Å². The Hall–Kier alpha value is -4.79. The summed E-state index contributed by atoms with van der Waals surface area (Å²) in [7, 11) is 0. The van der Waals surface area contributed by atoms with Crippen LogP contribution in [-0.2, 0) is 23.9 Å². The molecule has 2 bridgehead atoms. The van der Waals surface area contributed by atoms with Crippen molar-refractivity contribution in [3.05, 3.63) is 95.6 Å². The second-order valence-electron chi connectivity index (χ2n) is 10.9. The number of imide groups is 1. The smallest absolute Gasteiger partial charge is 0.338 e. The molecule has 0 aromatic heterocycles. The van der Waals surface area contributed by atoms with Crippen LogP contribution >= 0.6 is 0 Å². The van der Waals surface area contributed by atoms with Crippen LogP contribution < -0.4 is 10.2 Å². The molecule has 42 heavy (non-hydrogen) atoms. The minimum atomic E-state index is -0.756. The highest BCUT2D eigenvalue weighted by Gasteiger charge is 2.64. The van der Waals surface area contributed by atoms with Crippen molar-refractivity contribution in [2.75, 3.05) is 23.4 Å². The maximum absolute atomic E-state index is 13.6. The van der Waals surface area contributed by atoms with E-state index < -0.39 is 24.5 Å². The summed E-state index contributed by atoms with van der Waals surface area (Å²) in [5.41, 5.74) is 2.44. The van der Waals surface area contributed by atoms with Crippen molar-refractivity contribution in [1.29, 1.82) is 0 Å².